The Bertz CT molecular complexity index is 544. The number of esters is 1. The molecular weight excluding hydrogens is 323 g/mol. The van der Waals surface area contributed by atoms with Gasteiger partial charge in [0, 0.05) is 12.0 Å². The summed E-state index contributed by atoms with van der Waals surface area (Å²) in [6.45, 7) is 0. The fourth-order valence-electron chi connectivity index (χ4n) is 1.46. The summed E-state index contributed by atoms with van der Waals surface area (Å²) in [6, 6.07) is 1.27. The van der Waals surface area contributed by atoms with E-state index in [-0.39, 0.29) is 28.7 Å². The number of nitrogens with one attached hydrogen (secondary N) is 1. The normalized spacial score (nSPS) is 11.6. The summed E-state index contributed by atoms with van der Waals surface area (Å²) in [4.78, 5) is 37.7. The molecule has 0 unspecified atom stereocenters. The van der Waals surface area contributed by atoms with Crippen molar-refractivity contribution in [1.82, 2.24) is 10.3 Å². The third-order valence-electron chi connectivity index (χ3n) is 2.49. The average molecular weight is 335 g/mol. The maximum atomic E-state index is 11.9. The molecule has 1 atom stereocenters. The van der Waals surface area contributed by atoms with Crippen LogP contribution in [0, 0.1) is 0 Å². The van der Waals surface area contributed by atoms with Crippen LogP contribution in [0.15, 0.2) is 12.1 Å². The van der Waals surface area contributed by atoms with E-state index >= 15 is 0 Å². The van der Waals surface area contributed by atoms with Crippen LogP contribution in [0.5, 0.6) is 0 Å². The molecule has 0 aliphatic rings. The number of hydrogen-bond acceptors (Lipinski definition) is 5. The lowest BCUT2D eigenvalue weighted by molar-refractivity contribution is -0.142. The van der Waals surface area contributed by atoms with Gasteiger partial charge in [0.15, 0.2) is 0 Å². The van der Waals surface area contributed by atoms with E-state index < -0.39 is 23.9 Å². The molecule has 0 spiro atoms. The molecule has 7 nitrogen and oxygen atoms in total. The number of halogens is 2. The molecule has 0 radical (unpaired) electrons. The number of carboxylic acid groups (broad SMARTS) is 1. The van der Waals surface area contributed by atoms with Gasteiger partial charge in [-0.3, -0.25) is 9.59 Å². The molecule has 0 saturated heterocycles. The molecule has 0 aliphatic heterocycles. The van der Waals surface area contributed by atoms with Crippen LogP contribution in [0.3, 0.4) is 0 Å². The predicted molar refractivity (Wildman–Crippen MR) is 74.4 cm³/mol. The maximum absolute atomic E-state index is 11.9. The van der Waals surface area contributed by atoms with Crippen molar-refractivity contribution in [2.75, 3.05) is 7.11 Å². The first-order valence-corrected chi connectivity index (χ1v) is 6.52. The number of carbonyl (C=O) groups is 3. The van der Waals surface area contributed by atoms with Gasteiger partial charge in [0.25, 0.3) is 5.91 Å². The van der Waals surface area contributed by atoms with E-state index in [1.54, 1.807) is 0 Å². The van der Waals surface area contributed by atoms with E-state index in [1.807, 2.05) is 0 Å². The second kappa shape index (κ2) is 7.80. The fourth-order valence-corrected chi connectivity index (χ4v) is 1.92. The van der Waals surface area contributed by atoms with Gasteiger partial charge in [-0.1, -0.05) is 23.2 Å². The first-order valence-electron chi connectivity index (χ1n) is 5.77. The molecule has 2 N–H and O–H groups in total. The van der Waals surface area contributed by atoms with Crippen molar-refractivity contribution < 1.29 is 24.2 Å². The van der Waals surface area contributed by atoms with Crippen LogP contribution in [0.25, 0.3) is 0 Å². The van der Waals surface area contributed by atoms with Crippen molar-refractivity contribution in [3.05, 3.63) is 28.0 Å². The molecule has 1 rings (SSSR count). The Hall–Kier alpha value is -1.86. The van der Waals surface area contributed by atoms with Crippen LogP contribution in [0.1, 0.15) is 23.2 Å². The highest BCUT2D eigenvalue weighted by Crippen LogP contribution is 2.15. The van der Waals surface area contributed by atoms with Crippen molar-refractivity contribution in [3.8, 4) is 0 Å². The minimum Gasteiger partial charge on any atom is -0.480 e. The van der Waals surface area contributed by atoms with Crippen LogP contribution in [-0.4, -0.2) is 41.1 Å². The zero-order chi connectivity index (χ0) is 16.0. The third kappa shape index (κ3) is 5.57. The van der Waals surface area contributed by atoms with Crippen molar-refractivity contribution in [1.29, 1.82) is 0 Å². The highest BCUT2D eigenvalue weighted by molar-refractivity contribution is 6.33. The first-order chi connectivity index (χ1) is 9.83. The standard InChI is InChI=1S/C12H12Cl2N2O5/c1-21-10(17)3-2-7(12(19)20)15-11(18)6-4-8(13)16-9(14)5-6/h4-5,7H,2-3H2,1H3,(H,15,18)(H,19,20)/t7-/m1/s1. The van der Waals surface area contributed by atoms with Gasteiger partial charge in [-0.05, 0) is 18.6 Å². The van der Waals surface area contributed by atoms with Gasteiger partial charge in [0.05, 0.1) is 7.11 Å². The molecule has 21 heavy (non-hydrogen) atoms. The van der Waals surface area contributed by atoms with E-state index in [1.165, 1.54) is 19.2 Å². The smallest absolute Gasteiger partial charge is 0.326 e. The van der Waals surface area contributed by atoms with Crippen LogP contribution >= 0.6 is 23.2 Å². The number of aliphatic carboxylic acids is 1. The topological polar surface area (TPSA) is 106 Å². The monoisotopic (exact) mass is 334 g/mol. The van der Waals surface area contributed by atoms with Crippen LogP contribution < -0.4 is 5.32 Å². The molecule has 0 bridgehead atoms. The van der Waals surface area contributed by atoms with Crippen LogP contribution in [0.2, 0.25) is 10.3 Å². The number of methoxy groups -OCH3 is 1. The zero-order valence-electron chi connectivity index (χ0n) is 10.9. The highest BCUT2D eigenvalue weighted by atomic mass is 35.5. The Balaban J connectivity index is 2.76. The number of pyridine rings is 1. The molecule has 1 amide bonds. The molecule has 1 aromatic rings. The molecule has 0 saturated carbocycles. The van der Waals surface area contributed by atoms with E-state index in [2.05, 4.69) is 15.0 Å². The number of amides is 1. The SMILES string of the molecule is COC(=O)CC[C@@H](NC(=O)c1cc(Cl)nc(Cl)c1)C(=O)O. The lowest BCUT2D eigenvalue weighted by Gasteiger charge is -2.14. The van der Waals surface area contributed by atoms with Gasteiger partial charge >= 0.3 is 11.9 Å². The lowest BCUT2D eigenvalue weighted by Crippen LogP contribution is -2.41. The van der Waals surface area contributed by atoms with Crippen molar-refractivity contribution in [2.45, 2.75) is 18.9 Å². The van der Waals surface area contributed by atoms with Gasteiger partial charge in [0.2, 0.25) is 0 Å². The summed E-state index contributed by atoms with van der Waals surface area (Å²) in [6.07, 6.45) is -0.230. The van der Waals surface area contributed by atoms with Crippen LogP contribution in [0.4, 0.5) is 0 Å². The number of carboxylic acids is 1. The number of rotatable bonds is 6. The van der Waals surface area contributed by atoms with Gasteiger partial charge in [-0.25, -0.2) is 9.78 Å². The number of hydrogen-bond donors (Lipinski definition) is 2. The maximum Gasteiger partial charge on any atom is 0.326 e. The number of ether oxygens (including phenoxy) is 1. The largest absolute Gasteiger partial charge is 0.480 e. The van der Waals surface area contributed by atoms with Crippen molar-refractivity contribution in [3.63, 3.8) is 0 Å². The fraction of sp³-hybridized carbons (Fsp3) is 0.333. The summed E-state index contributed by atoms with van der Waals surface area (Å²) in [5.74, 6) is -2.51. The Morgan fingerprint density at radius 3 is 2.38 bits per heavy atom. The summed E-state index contributed by atoms with van der Waals surface area (Å²) < 4.78 is 4.41. The molecule has 0 aromatic carbocycles. The van der Waals surface area contributed by atoms with E-state index in [0.29, 0.717) is 0 Å². The molecular formula is C12H12Cl2N2O5. The molecule has 1 aromatic heterocycles. The molecule has 114 valence electrons. The van der Waals surface area contributed by atoms with Crippen LogP contribution in [-0.2, 0) is 14.3 Å². The Morgan fingerprint density at radius 1 is 1.33 bits per heavy atom. The first kappa shape index (κ1) is 17.2. The zero-order valence-corrected chi connectivity index (χ0v) is 12.4. The third-order valence-corrected chi connectivity index (χ3v) is 2.88. The number of carbonyl (C=O) groups excluding carboxylic acids is 2. The molecule has 0 fully saturated rings. The summed E-state index contributed by atoms with van der Waals surface area (Å²) >= 11 is 11.3. The summed E-state index contributed by atoms with van der Waals surface area (Å²) in [7, 11) is 1.19. The minimum atomic E-state index is -1.27. The summed E-state index contributed by atoms with van der Waals surface area (Å²) in [5.41, 5.74) is 0.0734. The highest BCUT2D eigenvalue weighted by Gasteiger charge is 2.22. The Kier molecular flexibility index (Phi) is 6.39. The van der Waals surface area contributed by atoms with Crippen molar-refractivity contribution in [2.24, 2.45) is 0 Å². The van der Waals surface area contributed by atoms with Gasteiger partial charge in [-0.15, -0.1) is 0 Å². The average Bonchev–Trinajstić information content (AvgIpc) is 2.41. The minimum absolute atomic E-state index is 0.00841. The van der Waals surface area contributed by atoms with Crippen molar-refractivity contribution >= 4 is 41.0 Å². The second-order valence-electron chi connectivity index (χ2n) is 3.98. The quantitative estimate of drug-likeness (QED) is 0.603. The molecule has 0 aliphatic carbocycles. The Morgan fingerprint density at radius 2 is 1.90 bits per heavy atom. The van der Waals surface area contributed by atoms with Gasteiger partial charge in [0.1, 0.15) is 16.3 Å². The summed E-state index contributed by atoms with van der Waals surface area (Å²) in [5, 5.41) is 11.3. The number of aromatic nitrogens is 1. The Labute approximate surface area is 130 Å². The number of nitrogens with zero attached hydrogens (tertiary/aromatic N) is 1. The second-order valence-corrected chi connectivity index (χ2v) is 4.75. The predicted octanol–water partition coefficient (Wildman–Crippen LogP) is 1.52. The van der Waals surface area contributed by atoms with Gasteiger partial charge < -0.3 is 15.2 Å². The molecule has 1 heterocycles. The van der Waals surface area contributed by atoms with Gasteiger partial charge in [-0.2, -0.15) is 0 Å². The van der Waals surface area contributed by atoms with E-state index in [9.17, 15) is 14.4 Å². The van der Waals surface area contributed by atoms with E-state index in [4.69, 9.17) is 28.3 Å². The molecule has 9 heteroatoms. The lowest BCUT2D eigenvalue weighted by atomic mass is 10.1. The van der Waals surface area contributed by atoms with E-state index in [0.717, 1.165) is 0 Å².